The van der Waals surface area contributed by atoms with Gasteiger partial charge in [-0.15, -0.1) is 0 Å². The van der Waals surface area contributed by atoms with Crippen LogP contribution in [0.2, 0.25) is 0 Å². The van der Waals surface area contributed by atoms with E-state index in [4.69, 9.17) is 0 Å². The fourth-order valence-corrected chi connectivity index (χ4v) is 2.29. The van der Waals surface area contributed by atoms with Crippen molar-refractivity contribution in [3.05, 3.63) is 29.8 Å². The highest BCUT2D eigenvalue weighted by Crippen LogP contribution is 2.15. The van der Waals surface area contributed by atoms with E-state index in [0.717, 1.165) is 18.7 Å². The third kappa shape index (κ3) is 6.30. The van der Waals surface area contributed by atoms with Gasteiger partial charge in [0.05, 0.1) is 6.54 Å². The molecule has 5 nitrogen and oxygen atoms in total. The minimum Gasteiger partial charge on any atom is -0.375 e. The Balaban J connectivity index is 2.68. The lowest BCUT2D eigenvalue weighted by Crippen LogP contribution is -2.46. The highest BCUT2D eigenvalue weighted by Gasteiger charge is 2.18. The first-order valence-electron chi connectivity index (χ1n) is 8.01. The van der Waals surface area contributed by atoms with Gasteiger partial charge in [0, 0.05) is 37.4 Å². The lowest BCUT2D eigenvalue weighted by Gasteiger charge is -2.23. The number of likely N-dealkylation sites (N-methyl/N-ethyl adjacent to an activating group) is 1. The van der Waals surface area contributed by atoms with Crippen LogP contribution in [0.4, 0.5) is 5.69 Å². The molecule has 0 aliphatic carbocycles. The number of nitrogens with zero attached hydrogens (tertiary/aromatic N) is 2. The maximum atomic E-state index is 12.4. The predicted octanol–water partition coefficient (Wildman–Crippen LogP) is 2.52. The summed E-state index contributed by atoms with van der Waals surface area (Å²) >= 11 is 0. The number of anilines is 1. The molecule has 1 N–H and O–H groups in total. The molecule has 0 aromatic heterocycles. The number of carbonyl (C=O) groups is 2. The van der Waals surface area contributed by atoms with Gasteiger partial charge in [0.25, 0.3) is 5.91 Å². The van der Waals surface area contributed by atoms with E-state index in [1.807, 2.05) is 52.1 Å². The van der Waals surface area contributed by atoms with Crippen molar-refractivity contribution in [3.8, 4) is 0 Å². The van der Waals surface area contributed by atoms with Gasteiger partial charge in [0.2, 0.25) is 5.91 Å². The van der Waals surface area contributed by atoms with E-state index in [1.54, 1.807) is 7.05 Å². The molecular formula is C18H29N3O2. The van der Waals surface area contributed by atoms with Crippen molar-refractivity contribution in [1.82, 2.24) is 10.2 Å². The van der Waals surface area contributed by atoms with Crippen molar-refractivity contribution in [2.45, 2.75) is 39.7 Å². The van der Waals surface area contributed by atoms with Crippen LogP contribution in [-0.4, -0.2) is 49.4 Å². The fraction of sp³-hybridized carbons (Fsp3) is 0.556. The van der Waals surface area contributed by atoms with Crippen LogP contribution in [-0.2, 0) is 4.79 Å². The Bertz CT molecular complexity index is 532. The maximum Gasteiger partial charge on any atom is 0.254 e. The molecule has 0 spiro atoms. The second kappa shape index (κ2) is 7.99. The largest absolute Gasteiger partial charge is 0.375 e. The average Bonchev–Trinajstić information content (AvgIpc) is 2.44. The summed E-state index contributed by atoms with van der Waals surface area (Å²) in [6.07, 6.45) is 1.07. The Hall–Kier alpha value is -2.04. The number of amides is 2. The normalized spacial score (nSPS) is 11.0. The monoisotopic (exact) mass is 319 g/mol. The van der Waals surface area contributed by atoms with Gasteiger partial charge in [0.1, 0.15) is 0 Å². The third-order valence-corrected chi connectivity index (χ3v) is 3.36. The Morgan fingerprint density at radius 3 is 2.13 bits per heavy atom. The summed E-state index contributed by atoms with van der Waals surface area (Å²) in [6.45, 7) is 8.90. The summed E-state index contributed by atoms with van der Waals surface area (Å²) in [6, 6.07) is 7.49. The lowest BCUT2D eigenvalue weighted by atomic mass is 10.1. The van der Waals surface area contributed by atoms with E-state index in [1.165, 1.54) is 4.90 Å². The Labute approximate surface area is 139 Å². The van der Waals surface area contributed by atoms with Crippen molar-refractivity contribution in [2.24, 2.45) is 0 Å². The summed E-state index contributed by atoms with van der Waals surface area (Å²) in [5.41, 5.74) is 1.37. The number of hydrogen-bond acceptors (Lipinski definition) is 3. The van der Waals surface area contributed by atoms with Crippen LogP contribution in [0, 0.1) is 0 Å². The molecule has 0 saturated heterocycles. The van der Waals surface area contributed by atoms with Crippen LogP contribution in [0.25, 0.3) is 0 Å². The first kappa shape index (κ1) is 19.0. The Kier molecular flexibility index (Phi) is 6.61. The van der Waals surface area contributed by atoms with Crippen LogP contribution >= 0.6 is 0 Å². The Morgan fingerprint density at radius 2 is 1.65 bits per heavy atom. The molecule has 0 heterocycles. The van der Waals surface area contributed by atoms with Gasteiger partial charge in [-0.05, 0) is 51.5 Å². The van der Waals surface area contributed by atoms with Gasteiger partial charge in [-0.25, -0.2) is 0 Å². The maximum absolute atomic E-state index is 12.4. The molecule has 0 unspecified atom stereocenters. The van der Waals surface area contributed by atoms with Crippen LogP contribution in [0.5, 0.6) is 0 Å². The van der Waals surface area contributed by atoms with E-state index in [0.29, 0.717) is 5.56 Å². The van der Waals surface area contributed by atoms with Crippen molar-refractivity contribution in [1.29, 1.82) is 0 Å². The third-order valence-electron chi connectivity index (χ3n) is 3.36. The minimum absolute atomic E-state index is 0.0492. The van der Waals surface area contributed by atoms with Crippen LogP contribution < -0.4 is 10.2 Å². The molecule has 5 heteroatoms. The molecule has 0 aliphatic rings. The molecular weight excluding hydrogens is 290 g/mol. The first-order chi connectivity index (χ1) is 10.6. The highest BCUT2D eigenvalue weighted by molar-refractivity contribution is 5.96. The number of rotatable bonds is 6. The number of hydrogen-bond donors (Lipinski definition) is 1. The summed E-state index contributed by atoms with van der Waals surface area (Å²) in [5, 5.41) is 2.85. The molecule has 0 saturated carbocycles. The Morgan fingerprint density at radius 1 is 1.09 bits per heavy atom. The first-order valence-corrected chi connectivity index (χ1v) is 8.01. The molecule has 0 aliphatic heterocycles. The van der Waals surface area contributed by atoms with E-state index in [-0.39, 0.29) is 23.9 Å². The quantitative estimate of drug-likeness (QED) is 0.876. The minimum atomic E-state index is -0.299. The SMILES string of the molecule is CCCN(C)c1ccc(C(=O)N(C)CC(=O)NC(C)(C)C)cc1. The molecule has 1 rings (SSSR count). The molecule has 0 radical (unpaired) electrons. The zero-order chi connectivity index (χ0) is 17.6. The standard InChI is InChI=1S/C18H29N3O2/c1-7-12-20(5)15-10-8-14(9-11-15)17(23)21(6)13-16(22)19-18(2,3)4/h8-11H,7,12-13H2,1-6H3,(H,19,22). The molecule has 0 fully saturated rings. The second-order valence-electron chi connectivity index (χ2n) is 6.93. The van der Waals surface area contributed by atoms with E-state index in [2.05, 4.69) is 17.1 Å². The molecule has 0 bridgehead atoms. The van der Waals surface area contributed by atoms with Gasteiger partial charge in [0.15, 0.2) is 0 Å². The van der Waals surface area contributed by atoms with Crippen molar-refractivity contribution < 1.29 is 9.59 Å². The van der Waals surface area contributed by atoms with E-state index < -0.39 is 0 Å². The highest BCUT2D eigenvalue weighted by atomic mass is 16.2. The van der Waals surface area contributed by atoms with Gasteiger partial charge < -0.3 is 15.1 Å². The molecule has 0 atom stereocenters. The summed E-state index contributed by atoms with van der Waals surface area (Å²) in [5.74, 6) is -0.314. The second-order valence-corrected chi connectivity index (χ2v) is 6.93. The number of nitrogens with one attached hydrogen (secondary N) is 1. The molecule has 1 aromatic carbocycles. The number of benzene rings is 1. The van der Waals surface area contributed by atoms with Gasteiger partial charge in [-0.2, -0.15) is 0 Å². The predicted molar refractivity (Wildman–Crippen MR) is 94.9 cm³/mol. The molecule has 2 amide bonds. The molecule has 1 aromatic rings. The fourth-order valence-electron chi connectivity index (χ4n) is 2.29. The van der Waals surface area contributed by atoms with E-state index >= 15 is 0 Å². The van der Waals surface area contributed by atoms with Gasteiger partial charge >= 0.3 is 0 Å². The van der Waals surface area contributed by atoms with Crippen molar-refractivity contribution >= 4 is 17.5 Å². The van der Waals surface area contributed by atoms with E-state index in [9.17, 15) is 9.59 Å². The molecule has 23 heavy (non-hydrogen) atoms. The van der Waals surface area contributed by atoms with Crippen LogP contribution in [0.15, 0.2) is 24.3 Å². The summed E-state index contributed by atoms with van der Waals surface area (Å²) in [7, 11) is 3.67. The van der Waals surface area contributed by atoms with Gasteiger partial charge in [-0.3, -0.25) is 9.59 Å². The topological polar surface area (TPSA) is 52.7 Å². The summed E-state index contributed by atoms with van der Waals surface area (Å²) in [4.78, 5) is 27.9. The average molecular weight is 319 g/mol. The smallest absolute Gasteiger partial charge is 0.254 e. The van der Waals surface area contributed by atoms with Crippen molar-refractivity contribution in [3.63, 3.8) is 0 Å². The van der Waals surface area contributed by atoms with Crippen LogP contribution in [0.3, 0.4) is 0 Å². The molecule has 128 valence electrons. The zero-order valence-electron chi connectivity index (χ0n) is 15.1. The zero-order valence-corrected chi connectivity index (χ0v) is 15.1. The summed E-state index contributed by atoms with van der Waals surface area (Å²) < 4.78 is 0. The lowest BCUT2D eigenvalue weighted by molar-refractivity contribution is -0.122. The van der Waals surface area contributed by atoms with Crippen molar-refractivity contribution in [2.75, 3.05) is 32.1 Å². The van der Waals surface area contributed by atoms with Gasteiger partial charge in [-0.1, -0.05) is 6.92 Å². The van der Waals surface area contributed by atoms with Crippen LogP contribution in [0.1, 0.15) is 44.5 Å². The number of carbonyl (C=O) groups excluding carboxylic acids is 2.